The fourth-order valence-electron chi connectivity index (χ4n) is 10.4. The molecule has 1 saturated heterocycles. The number of unbranched alkanes of at least 4 members (excludes halogenated alkanes) is 42. The SMILES string of the molecule is CCCCCCCCCCCCCCCCCCCCCCCCCCCCCCCC(O)C(=O)NC(COC1OC(CO)C(O)C(O)C1O)C(O)C(O)CCCCCCCCCCCCCCCCC. The quantitative estimate of drug-likeness (QED) is 0.0272. The number of rotatable bonds is 54. The molecule has 0 radical (unpaired) electrons. The number of carbonyl (C=O) groups is 1. The molecule has 0 aromatic carbocycles. The number of ether oxygens (including phenoxy) is 2. The highest BCUT2D eigenvalue weighted by molar-refractivity contribution is 5.80. The molecule has 71 heavy (non-hydrogen) atoms. The first-order valence-corrected chi connectivity index (χ1v) is 30.9. The summed E-state index contributed by atoms with van der Waals surface area (Å²) in [5.41, 5.74) is 0. The van der Waals surface area contributed by atoms with Gasteiger partial charge in [-0.1, -0.05) is 296 Å². The van der Waals surface area contributed by atoms with Gasteiger partial charge in [-0.05, 0) is 12.8 Å². The molecule has 1 heterocycles. The molecule has 1 rings (SSSR count). The van der Waals surface area contributed by atoms with Crippen molar-refractivity contribution in [2.24, 2.45) is 0 Å². The van der Waals surface area contributed by atoms with Gasteiger partial charge in [0, 0.05) is 0 Å². The highest BCUT2D eigenvalue weighted by atomic mass is 16.7. The average Bonchev–Trinajstić information content (AvgIpc) is 3.37. The van der Waals surface area contributed by atoms with Gasteiger partial charge in [0.05, 0.1) is 25.4 Å². The van der Waals surface area contributed by atoms with E-state index in [9.17, 15) is 40.5 Å². The molecule has 1 amide bonds. The first kappa shape index (κ1) is 68.1. The predicted molar refractivity (Wildman–Crippen MR) is 293 cm³/mol. The van der Waals surface area contributed by atoms with E-state index in [0.717, 1.165) is 38.5 Å². The van der Waals surface area contributed by atoms with E-state index in [0.29, 0.717) is 19.3 Å². The van der Waals surface area contributed by atoms with Crippen LogP contribution in [0.3, 0.4) is 0 Å². The van der Waals surface area contributed by atoms with Gasteiger partial charge in [0.15, 0.2) is 6.29 Å². The molecule has 0 aromatic heterocycles. The van der Waals surface area contributed by atoms with E-state index in [-0.39, 0.29) is 6.42 Å². The Morgan fingerprint density at radius 3 is 1.04 bits per heavy atom. The lowest BCUT2D eigenvalue weighted by molar-refractivity contribution is -0.303. The van der Waals surface area contributed by atoms with Gasteiger partial charge in [-0.25, -0.2) is 0 Å². The predicted octanol–water partition coefficient (Wildman–Crippen LogP) is 13.4. The standard InChI is InChI=1S/C60H119NO10/c1-3-5-7-9-11-13-15-17-19-20-21-22-23-24-25-26-27-28-29-30-31-32-34-36-38-40-42-44-46-48-53(64)59(69)61-51(50-70-60-58(68)57(67)56(66)54(49-62)71-60)55(65)52(63)47-45-43-41-39-37-35-33-18-16-14-12-10-8-6-4-2/h51-58,60,62-68H,3-50H2,1-2H3,(H,61,69). The van der Waals surface area contributed by atoms with Crippen LogP contribution in [0, 0.1) is 0 Å². The topological polar surface area (TPSA) is 189 Å². The van der Waals surface area contributed by atoms with E-state index < -0.39 is 74.2 Å². The van der Waals surface area contributed by atoms with Gasteiger partial charge in [-0.2, -0.15) is 0 Å². The molecule has 11 heteroatoms. The van der Waals surface area contributed by atoms with Gasteiger partial charge in [0.1, 0.15) is 36.6 Å². The molecule has 1 aliphatic heterocycles. The maximum atomic E-state index is 13.2. The lowest BCUT2D eigenvalue weighted by atomic mass is 9.98. The normalized spacial score (nSPS) is 20.0. The summed E-state index contributed by atoms with van der Waals surface area (Å²) in [4.78, 5) is 13.2. The minimum Gasteiger partial charge on any atom is -0.394 e. The second-order valence-corrected chi connectivity index (χ2v) is 22.1. The summed E-state index contributed by atoms with van der Waals surface area (Å²) in [5, 5.41) is 76.2. The summed E-state index contributed by atoms with van der Waals surface area (Å²) >= 11 is 0. The molecule has 1 fully saturated rings. The molecule has 424 valence electrons. The van der Waals surface area contributed by atoms with Crippen LogP contribution in [0.15, 0.2) is 0 Å². The molecule has 11 nitrogen and oxygen atoms in total. The Kier molecular flexibility index (Phi) is 47.9. The number of nitrogens with one attached hydrogen (secondary N) is 1. The highest BCUT2D eigenvalue weighted by Crippen LogP contribution is 2.24. The second-order valence-electron chi connectivity index (χ2n) is 22.1. The Balaban J connectivity index is 2.20. The third kappa shape index (κ3) is 38.3. The zero-order valence-electron chi connectivity index (χ0n) is 46.5. The molecule has 9 atom stereocenters. The van der Waals surface area contributed by atoms with Gasteiger partial charge >= 0.3 is 0 Å². The lowest BCUT2D eigenvalue weighted by Crippen LogP contribution is -2.60. The minimum absolute atomic E-state index is 0.267. The van der Waals surface area contributed by atoms with Gasteiger partial charge in [0.25, 0.3) is 0 Å². The average molecular weight is 1010 g/mol. The summed E-state index contributed by atoms with van der Waals surface area (Å²) in [6, 6.07) is -1.16. The van der Waals surface area contributed by atoms with Crippen molar-refractivity contribution in [3.8, 4) is 0 Å². The summed E-state index contributed by atoms with van der Waals surface area (Å²) in [6.07, 6.45) is 46.0. The van der Waals surface area contributed by atoms with Crippen molar-refractivity contribution in [1.82, 2.24) is 5.32 Å². The van der Waals surface area contributed by atoms with Crippen molar-refractivity contribution in [3.05, 3.63) is 0 Å². The van der Waals surface area contributed by atoms with E-state index in [1.807, 2.05) is 0 Å². The molecule has 9 unspecified atom stereocenters. The van der Waals surface area contributed by atoms with Crippen LogP contribution in [-0.4, -0.2) is 110 Å². The summed E-state index contributed by atoms with van der Waals surface area (Å²) in [5.74, 6) is -0.689. The summed E-state index contributed by atoms with van der Waals surface area (Å²) < 4.78 is 11.2. The first-order valence-electron chi connectivity index (χ1n) is 30.9. The Bertz CT molecular complexity index is 1120. The maximum absolute atomic E-state index is 13.2. The molecule has 0 spiro atoms. The molecular formula is C60H119NO10. The highest BCUT2D eigenvalue weighted by Gasteiger charge is 2.44. The lowest BCUT2D eigenvalue weighted by Gasteiger charge is -2.40. The summed E-state index contributed by atoms with van der Waals surface area (Å²) in [7, 11) is 0. The van der Waals surface area contributed by atoms with Crippen LogP contribution < -0.4 is 5.32 Å². The zero-order chi connectivity index (χ0) is 51.8. The van der Waals surface area contributed by atoms with Crippen molar-refractivity contribution < 1.29 is 50.0 Å². The van der Waals surface area contributed by atoms with Crippen LogP contribution in [0.2, 0.25) is 0 Å². The van der Waals surface area contributed by atoms with Gasteiger partial charge in [0.2, 0.25) is 5.91 Å². The van der Waals surface area contributed by atoms with Crippen LogP contribution >= 0.6 is 0 Å². The van der Waals surface area contributed by atoms with Crippen molar-refractivity contribution in [1.29, 1.82) is 0 Å². The van der Waals surface area contributed by atoms with Crippen molar-refractivity contribution in [2.45, 2.75) is 364 Å². The monoisotopic (exact) mass is 1010 g/mol. The van der Waals surface area contributed by atoms with Gasteiger partial charge in [-0.15, -0.1) is 0 Å². The fourth-order valence-corrected chi connectivity index (χ4v) is 10.4. The Hall–Kier alpha value is -0.890. The first-order chi connectivity index (χ1) is 34.7. The third-order valence-corrected chi connectivity index (χ3v) is 15.4. The van der Waals surface area contributed by atoms with E-state index in [2.05, 4.69) is 19.2 Å². The van der Waals surface area contributed by atoms with Gasteiger partial charge in [-0.3, -0.25) is 4.79 Å². The third-order valence-electron chi connectivity index (χ3n) is 15.4. The van der Waals surface area contributed by atoms with Crippen LogP contribution in [0.1, 0.15) is 309 Å². The molecular weight excluding hydrogens is 895 g/mol. The number of aliphatic hydroxyl groups is 7. The smallest absolute Gasteiger partial charge is 0.249 e. The van der Waals surface area contributed by atoms with Crippen molar-refractivity contribution >= 4 is 5.91 Å². The number of hydrogen-bond acceptors (Lipinski definition) is 10. The van der Waals surface area contributed by atoms with Crippen LogP contribution in [0.4, 0.5) is 0 Å². The van der Waals surface area contributed by atoms with Crippen LogP contribution in [0.25, 0.3) is 0 Å². The van der Waals surface area contributed by atoms with Crippen LogP contribution in [-0.2, 0) is 14.3 Å². The molecule has 0 bridgehead atoms. The van der Waals surface area contributed by atoms with Gasteiger partial charge < -0.3 is 50.5 Å². The van der Waals surface area contributed by atoms with E-state index in [1.54, 1.807) is 0 Å². The van der Waals surface area contributed by atoms with E-state index >= 15 is 0 Å². The number of carbonyl (C=O) groups excluding carboxylic acids is 1. The molecule has 8 N–H and O–H groups in total. The van der Waals surface area contributed by atoms with Crippen molar-refractivity contribution in [2.75, 3.05) is 13.2 Å². The van der Waals surface area contributed by atoms with Crippen LogP contribution in [0.5, 0.6) is 0 Å². The second kappa shape index (κ2) is 50.0. The minimum atomic E-state index is -1.66. The maximum Gasteiger partial charge on any atom is 0.249 e. The Labute approximate surface area is 437 Å². The van der Waals surface area contributed by atoms with E-state index in [1.165, 1.54) is 231 Å². The number of aliphatic hydroxyl groups excluding tert-OH is 7. The molecule has 1 aliphatic rings. The molecule has 0 aromatic rings. The molecule has 0 saturated carbocycles. The fraction of sp³-hybridized carbons (Fsp3) is 0.983. The summed E-state index contributed by atoms with van der Waals surface area (Å²) in [6.45, 7) is 3.50. The molecule has 0 aliphatic carbocycles. The largest absolute Gasteiger partial charge is 0.394 e. The van der Waals surface area contributed by atoms with E-state index in [4.69, 9.17) is 9.47 Å². The Morgan fingerprint density at radius 2 is 0.732 bits per heavy atom. The van der Waals surface area contributed by atoms with Crippen molar-refractivity contribution in [3.63, 3.8) is 0 Å². The zero-order valence-corrected chi connectivity index (χ0v) is 46.5. The Morgan fingerprint density at radius 1 is 0.437 bits per heavy atom. The number of hydrogen-bond donors (Lipinski definition) is 8. The number of amides is 1.